The van der Waals surface area contributed by atoms with Gasteiger partial charge in [-0.1, -0.05) is 121 Å². The average molecular weight is 478 g/mol. The predicted octanol–water partition coefficient (Wildman–Crippen LogP) is 7.64. The molecule has 2 nitrogen and oxygen atoms in total. The number of ketones is 1. The van der Waals surface area contributed by atoms with Crippen LogP contribution in [0.3, 0.4) is 0 Å². The van der Waals surface area contributed by atoms with Crippen LogP contribution in [0, 0.1) is 5.92 Å². The lowest BCUT2D eigenvalue weighted by Crippen LogP contribution is -2.41. The van der Waals surface area contributed by atoms with E-state index in [9.17, 15) is 4.79 Å². The lowest BCUT2D eigenvalue weighted by Gasteiger charge is -2.37. The van der Waals surface area contributed by atoms with Crippen molar-refractivity contribution in [3.8, 4) is 0 Å². The summed E-state index contributed by atoms with van der Waals surface area (Å²) >= 11 is 0. The molecule has 1 aliphatic heterocycles. The maximum atomic E-state index is 14.5. The monoisotopic (exact) mass is 477 g/mol. The van der Waals surface area contributed by atoms with Crippen LogP contribution in [0.5, 0.6) is 0 Å². The van der Waals surface area contributed by atoms with Crippen LogP contribution in [0.2, 0.25) is 0 Å². The third-order valence-corrected chi connectivity index (χ3v) is 8.27. The standard InChI is InChI=1S/C35H27NO/c37-33-23-32-34(35(33,26-15-4-1-5-16-26)27-17-6-2-7-18-27)31(24-36(32)28-19-8-3-9-20-28)30-22-12-14-25-13-10-11-21-29(25)30/h1-22,24,32,34H,23H2. The zero-order chi connectivity index (χ0) is 24.8. The SMILES string of the molecule is O=C1CC2C(C(c3cccc4ccccc34)=CN2c2ccccc2)C1(c1ccccc1)c1ccccc1. The van der Waals surface area contributed by atoms with Gasteiger partial charge in [-0.15, -0.1) is 0 Å². The summed E-state index contributed by atoms with van der Waals surface area (Å²) in [7, 11) is 0. The second-order valence-electron chi connectivity index (χ2n) is 10.1. The van der Waals surface area contributed by atoms with Crippen molar-refractivity contribution in [3.05, 3.63) is 156 Å². The van der Waals surface area contributed by atoms with Gasteiger partial charge in [0.25, 0.3) is 0 Å². The molecule has 5 aromatic carbocycles. The largest absolute Gasteiger partial charge is 0.343 e. The maximum Gasteiger partial charge on any atom is 0.150 e. The van der Waals surface area contributed by atoms with Crippen molar-refractivity contribution < 1.29 is 4.79 Å². The Kier molecular flexibility index (Phi) is 5.07. The summed E-state index contributed by atoms with van der Waals surface area (Å²) in [4.78, 5) is 16.8. The minimum atomic E-state index is -0.764. The number of fused-ring (bicyclic) bond motifs is 2. The fourth-order valence-electron chi connectivity index (χ4n) is 6.79. The number of Topliss-reactive ketones (excluding diaryl/α,β-unsaturated/α-hetero) is 1. The van der Waals surface area contributed by atoms with E-state index in [1.807, 2.05) is 18.2 Å². The summed E-state index contributed by atoms with van der Waals surface area (Å²) in [6.07, 6.45) is 2.81. The molecule has 0 spiro atoms. The Morgan fingerprint density at radius 1 is 0.622 bits per heavy atom. The summed E-state index contributed by atoms with van der Waals surface area (Å²) in [6.45, 7) is 0. The van der Waals surface area contributed by atoms with Crippen molar-refractivity contribution in [1.82, 2.24) is 0 Å². The van der Waals surface area contributed by atoms with E-state index >= 15 is 0 Å². The lowest BCUT2D eigenvalue weighted by atomic mass is 9.63. The minimum Gasteiger partial charge on any atom is -0.343 e. The van der Waals surface area contributed by atoms with Crippen LogP contribution in [-0.4, -0.2) is 11.8 Å². The molecule has 37 heavy (non-hydrogen) atoms. The number of hydrogen-bond donors (Lipinski definition) is 0. The first-order valence-electron chi connectivity index (χ1n) is 13.0. The third kappa shape index (κ3) is 3.22. The van der Waals surface area contributed by atoms with Crippen LogP contribution in [0.1, 0.15) is 23.1 Å². The Balaban J connectivity index is 1.54. The maximum absolute atomic E-state index is 14.5. The Labute approximate surface area is 217 Å². The number of para-hydroxylation sites is 1. The van der Waals surface area contributed by atoms with Crippen LogP contribution < -0.4 is 4.90 Å². The molecule has 0 N–H and O–H groups in total. The molecule has 0 bridgehead atoms. The molecule has 1 aliphatic carbocycles. The highest BCUT2D eigenvalue weighted by Gasteiger charge is 2.61. The normalized spacial score (nSPS) is 20.2. The molecule has 7 rings (SSSR count). The van der Waals surface area contributed by atoms with Gasteiger partial charge in [0.15, 0.2) is 5.78 Å². The molecule has 0 amide bonds. The second-order valence-corrected chi connectivity index (χ2v) is 10.1. The fraction of sp³-hybridized carbons (Fsp3) is 0.114. The van der Waals surface area contributed by atoms with E-state index in [-0.39, 0.29) is 17.7 Å². The van der Waals surface area contributed by atoms with Crippen LogP contribution in [-0.2, 0) is 10.2 Å². The van der Waals surface area contributed by atoms with Gasteiger partial charge in [0.2, 0.25) is 0 Å². The molecule has 0 aromatic heterocycles. The topological polar surface area (TPSA) is 20.3 Å². The molecule has 178 valence electrons. The van der Waals surface area contributed by atoms with Gasteiger partial charge < -0.3 is 4.90 Å². The van der Waals surface area contributed by atoms with Gasteiger partial charge in [0, 0.05) is 30.3 Å². The molecular formula is C35H27NO. The van der Waals surface area contributed by atoms with Gasteiger partial charge in [-0.25, -0.2) is 0 Å². The van der Waals surface area contributed by atoms with E-state index in [0.717, 1.165) is 16.8 Å². The molecular weight excluding hydrogens is 450 g/mol. The van der Waals surface area contributed by atoms with Crippen LogP contribution in [0.15, 0.2) is 140 Å². The van der Waals surface area contributed by atoms with E-state index in [2.05, 4.69) is 126 Å². The summed E-state index contributed by atoms with van der Waals surface area (Å²) in [5.41, 5.74) is 4.93. The molecule has 1 fully saturated rings. The van der Waals surface area contributed by atoms with Gasteiger partial charge in [0.1, 0.15) is 0 Å². The van der Waals surface area contributed by atoms with E-state index in [1.54, 1.807) is 0 Å². The molecule has 2 heteroatoms. The van der Waals surface area contributed by atoms with Crippen molar-refractivity contribution in [1.29, 1.82) is 0 Å². The van der Waals surface area contributed by atoms with Gasteiger partial charge in [-0.2, -0.15) is 0 Å². The molecule has 5 aromatic rings. The molecule has 0 radical (unpaired) electrons. The highest BCUT2D eigenvalue weighted by Crippen LogP contribution is 2.58. The smallest absolute Gasteiger partial charge is 0.150 e. The molecule has 2 aliphatic rings. The van der Waals surface area contributed by atoms with Crippen molar-refractivity contribution in [2.45, 2.75) is 17.9 Å². The van der Waals surface area contributed by atoms with Gasteiger partial charge >= 0.3 is 0 Å². The fourth-order valence-corrected chi connectivity index (χ4v) is 6.79. The summed E-state index contributed by atoms with van der Waals surface area (Å²) < 4.78 is 0. The van der Waals surface area contributed by atoms with Crippen LogP contribution in [0.25, 0.3) is 16.3 Å². The number of carbonyl (C=O) groups is 1. The number of anilines is 1. The minimum absolute atomic E-state index is 0.0317. The Hall–Kier alpha value is -4.43. The van der Waals surface area contributed by atoms with Gasteiger partial charge in [-0.05, 0) is 45.2 Å². The van der Waals surface area contributed by atoms with Crippen LogP contribution in [0.4, 0.5) is 5.69 Å². The number of carbonyl (C=O) groups excluding carboxylic acids is 1. The molecule has 1 heterocycles. The van der Waals surface area contributed by atoms with E-state index in [1.165, 1.54) is 21.9 Å². The first-order chi connectivity index (χ1) is 18.3. The van der Waals surface area contributed by atoms with Crippen molar-refractivity contribution in [2.75, 3.05) is 4.90 Å². The summed E-state index contributed by atoms with van der Waals surface area (Å²) in [5.74, 6) is 0.252. The zero-order valence-electron chi connectivity index (χ0n) is 20.5. The number of nitrogens with zero attached hydrogens (tertiary/aromatic N) is 1. The van der Waals surface area contributed by atoms with Crippen molar-refractivity contribution >= 4 is 27.8 Å². The average Bonchev–Trinajstić information content (AvgIpc) is 3.48. The van der Waals surface area contributed by atoms with Gasteiger partial charge in [0.05, 0.1) is 5.41 Å². The molecule has 2 atom stereocenters. The zero-order valence-corrected chi connectivity index (χ0v) is 20.5. The van der Waals surface area contributed by atoms with Crippen LogP contribution >= 0.6 is 0 Å². The Morgan fingerprint density at radius 3 is 1.86 bits per heavy atom. The second kappa shape index (κ2) is 8.60. The summed E-state index contributed by atoms with van der Waals surface area (Å²) in [6, 6.07) is 46.5. The highest BCUT2D eigenvalue weighted by atomic mass is 16.1. The van der Waals surface area contributed by atoms with Crippen molar-refractivity contribution in [2.24, 2.45) is 5.92 Å². The Morgan fingerprint density at radius 2 is 1.19 bits per heavy atom. The number of hydrogen-bond acceptors (Lipinski definition) is 2. The first kappa shape index (κ1) is 21.8. The third-order valence-electron chi connectivity index (χ3n) is 8.27. The highest BCUT2D eigenvalue weighted by molar-refractivity contribution is 6.05. The number of benzene rings is 5. The first-order valence-corrected chi connectivity index (χ1v) is 13.0. The van der Waals surface area contributed by atoms with E-state index < -0.39 is 5.41 Å². The van der Waals surface area contributed by atoms with E-state index in [4.69, 9.17) is 0 Å². The molecule has 0 saturated heterocycles. The molecule has 2 unspecified atom stereocenters. The lowest BCUT2D eigenvalue weighted by molar-refractivity contribution is -0.121. The Bertz CT molecular complexity index is 1580. The van der Waals surface area contributed by atoms with Crippen molar-refractivity contribution in [3.63, 3.8) is 0 Å². The number of rotatable bonds is 4. The summed E-state index contributed by atoms with van der Waals surface area (Å²) in [5, 5.41) is 2.43. The molecule has 1 saturated carbocycles. The van der Waals surface area contributed by atoms with E-state index in [0.29, 0.717) is 6.42 Å². The van der Waals surface area contributed by atoms with Gasteiger partial charge in [-0.3, -0.25) is 4.79 Å². The predicted molar refractivity (Wildman–Crippen MR) is 151 cm³/mol. The quantitative estimate of drug-likeness (QED) is 0.265.